The van der Waals surface area contributed by atoms with Gasteiger partial charge in [0.05, 0.1) is 12.0 Å². The number of carbonyl (C=O) groups is 2. The zero-order valence-electron chi connectivity index (χ0n) is 11.2. The van der Waals surface area contributed by atoms with Gasteiger partial charge in [0.1, 0.15) is 0 Å². The fourth-order valence-corrected chi connectivity index (χ4v) is 3.55. The molecule has 0 aromatic rings. The summed E-state index contributed by atoms with van der Waals surface area (Å²) < 4.78 is 0. The number of urea groups is 1. The summed E-state index contributed by atoms with van der Waals surface area (Å²) in [6.45, 7) is 4.94. The maximum absolute atomic E-state index is 12.2. The number of amides is 2. The minimum atomic E-state index is -0.829. The Morgan fingerprint density at radius 1 is 1.37 bits per heavy atom. The summed E-state index contributed by atoms with van der Waals surface area (Å²) >= 11 is 1.88. The van der Waals surface area contributed by atoms with Gasteiger partial charge in [0.25, 0.3) is 0 Å². The van der Waals surface area contributed by atoms with Crippen LogP contribution in [0.3, 0.4) is 0 Å². The lowest BCUT2D eigenvalue weighted by Crippen LogP contribution is -2.53. The Balaban J connectivity index is 1.88. The van der Waals surface area contributed by atoms with Crippen molar-refractivity contribution in [3.63, 3.8) is 0 Å². The standard InChI is InChI=1S/C13H20N2O3S/c1-8-9(2)19-6-5-15(8)13(18)14-11-4-3-10(7-11)12(16)17/h3-4,8-11H,5-7H2,1-2H3,(H,14,18)(H,16,17). The highest BCUT2D eigenvalue weighted by Gasteiger charge is 2.31. The van der Waals surface area contributed by atoms with Crippen LogP contribution in [-0.4, -0.2) is 51.6 Å². The predicted molar refractivity (Wildman–Crippen MR) is 75.3 cm³/mol. The molecule has 1 heterocycles. The molecular formula is C13H20N2O3S. The van der Waals surface area contributed by atoms with Gasteiger partial charge in [0.15, 0.2) is 0 Å². The van der Waals surface area contributed by atoms with Gasteiger partial charge in [0, 0.05) is 23.6 Å². The van der Waals surface area contributed by atoms with E-state index in [1.807, 2.05) is 16.7 Å². The van der Waals surface area contributed by atoms with E-state index in [-0.39, 0.29) is 18.1 Å². The van der Waals surface area contributed by atoms with Crippen LogP contribution in [0.1, 0.15) is 20.3 Å². The summed E-state index contributed by atoms with van der Waals surface area (Å²) in [5.74, 6) is -0.347. The van der Waals surface area contributed by atoms with Gasteiger partial charge in [-0.3, -0.25) is 4.79 Å². The Kier molecular flexibility index (Phi) is 4.39. The molecule has 2 aliphatic rings. The van der Waals surface area contributed by atoms with E-state index in [1.54, 1.807) is 12.2 Å². The van der Waals surface area contributed by atoms with Crippen molar-refractivity contribution in [3.8, 4) is 0 Å². The quantitative estimate of drug-likeness (QED) is 0.755. The molecule has 19 heavy (non-hydrogen) atoms. The summed E-state index contributed by atoms with van der Waals surface area (Å²) in [5, 5.41) is 12.3. The molecule has 2 N–H and O–H groups in total. The number of carboxylic acids is 1. The summed E-state index contributed by atoms with van der Waals surface area (Å²) in [7, 11) is 0. The monoisotopic (exact) mass is 284 g/mol. The smallest absolute Gasteiger partial charge is 0.318 e. The van der Waals surface area contributed by atoms with Crippen molar-refractivity contribution in [2.24, 2.45) is 5.92 Å². The average Bonchev–Trinajstić information content (AvgIpc) is 2.81. The van der Waals surface area contributed by atoms with Crippen LogP contribution < -0.4 is 5.32 Å². The highest BCUT2D eigenvalue weighted by atomic mass is 32.2. The van der Waals surface area contributed by atoms with Gasteiger partial charge in [-0.1, -0.05) is 19.1 Å². The molecular weight excluding hydrogens is 264 g/mol. The van der Waals surface area contributed by atoms with Crippen LogP contribution in [0.15, 0.2) is 12.2 Å². The summed E-state index contributed by atoms with van der Waals surface area (Å²) in [4.78, 5) is 24.9. The number of aliphatic carboxylic acids is 1. The van der Waals surface area contributed by atoms with Crippen LogP contribution in [0, 0.1) is 5.92 Å². The fraction of sp³-hybridized carbons (Fsp3) is 0.692. The molecule has 1 saturated heterocycles. The molecule has 1 fully saturated rings. The van der Waals surface area contributed by atoms with Crippen molar-refractivity contribution in [1.29, 1.82) is 0 Å². The van der Waals surface area contributed by atoms with Crippen LogP contribution in [0.4, 0.5) is 4.79 Å². The van der Waals surface area contributed by atoms with Crippen LogP contribution in [0.2, 0.25) is 0 Å². The van der Waals surface area contributed by atoms with E-state index >= 15 is 0 Å². The predicted octanol–water partition coefficient (Wildman–Crippen LogP) is 1.55. The van der Waals surface area contributed by atoms with Crippen molar-refractivity contribution in [2.75, 3.05) is 12.3 Å². The Bertz CT molecular complexity index is 399. The molecule has 5 nitrogen and oxygen atoms in total. The number of hydrogen-bond donors (Lipinski definition) is 2. The zero-order valence-corrected chi connectivity index (χ0v) is 12.0. The maximum Gasteiger partial charge on any atom is 0.318 e. The molecule has 4 atom stereocenters. The lowest BCUT2D eigenvalue weighted by Gasteiger charge is -2.37. The highest BCUT2D eigenvalue weighted by molar-refractivity contribution is 8.00. The van der Waals surface area contributed by atoms with E-state index in [0.717, 1.165) is 12.3 Å². The molecule has 0 aromatic carbocycles. The summed E-state index contributed by atoms with van der Waals surface area (Å²) in [5.41, 5.74) is 0. The Labute approximate surface area is 117 Å². The molecule has 106 valence electrons. The van der Waals surface area contributed by atoms with E-state index in [4.69, 9.17) is 5.11 Å². The van der Waals surface area contributed by atoms with Gasteiger partial charge in [-0.2, -0.15) is 11.8 Å². The van der Waals surface area contributed by atoms with E-state index in [1.165, 1.54) is 0 Å². The first kappa shape index (κ1) is 14.2. The van der Waals surface area contributed by atoms with E-state index < -0.39 is 11.9 Å². The van der Waals surface area contributed by atoms with Crippen molar-refractivity contribution in [3.05, 3.63) is 12.2 Å². The van der Waals surface area contributed by atoms with Crippen molar-refractivity contribution >= 4 is 23.8 Å². The summed E-state index contributed by atoms with van der Waals surface area (Å²) in [6.07, 6.45) is 3.89. The third kappa shape index (κ3) is 3.23. The number of hydrogen-bond acceptors (Lipinski definition) is 3. The molecule has 4 unspecified atom stereocenters. The summed E-state index contributed by atoms with van der Waals surface area (Å²) in [6, 6.07) is -0.0366. The third-order valence-electron chi connectivity index (χ3n) is 3.85. The number of carboxylic acid groups (broad SMARTS) is 1. The van der Waals surface area contributed by atoms with Gasteiger partial charge in [-0.05, 0) is 13.3 Å². The first-order valence-electron chi connectivity index (χ1n) is 6.59. The Morgan fingerprint density at radius 3 is 2.74 bits per heavy atom. The topological polar surface area (TPSA) is 69.6 Å². The molecule has 0 spiro atoms. The normalized spacial score (nSPS) is 34.3. The van der Waals surface area contributed by atoms with E-state index in [0.29, 0.717) is 11.7 Å². The average molecular weight is 284 g/mol. The number of carbonyl (C=O) groups excluding carboxylic acids is 1. The van der Waals surface area contributed by atoms with Crippen LogP contribution in [0.25, 0.3) is 0 Å². The maximum atomic E-state index is 12.2. The van der Waals surface area contributed by atoms with Crippen LogP contribution >= 0.6 is 11.8 Å². The largest absolute Gasteiger partial charge is 0.481 e. The number of nitrogens with one attached hydrogen (secondary N) is 1. The van der Waals surface area contributed by atoms with Gasteiger partial charge >= 0.3 is 12.0 Å². The lowest BCUT2D eigenvalue weighted by molar-refractivity contribution is -0.140. The first-order valence-corrected chi connectivity index (χ1v) is 7.63. The van der Waals surface area contributed by atoms with Crippen LogP contribution in [0.5, 0.6) is 0 Å². The molecule has 2 amide bonds. The third-order valence-corrected chi connectivity index (χ3v) is 5.19. The molecule has 0 radical (unpaired) electrons. The molecule has 1 aliphatic heterocycles. The number of nitrogens with zero attached hydrogens (tertiary/aromatic N) is 1. The van der Waals surface area contributed by atoms with E-state index in [2.05, 4.69) is 19.2 Å². The minimum Gasteiger partial charge on any atom is -0.481 e. The van der Waals surface area contributed by atoms with Gasteiger partial charge < -0.3 is 15.3 Å². The van der Waals surface area contributed by atoms with Crippen molar-refractivity contribution < 1.29 is 14.7 Å². The molecule has 1 aliphatic carbocycles. The molecule has 0 aromatic heterocycles. The van der Waals surface area contributed by atoms with Gasteiger partial charge in [-0.15, -0.1) is 0 Å². The number of thioether (sulfide) groups is 1. The molecule has 0 saturated carbocycles. The van der Waals surface area contributed by atoms with Crippen molar-refractivity contribution in [1.82, 2.24) is 10.2 Å². The minimum absolute atomic E-state index is 0.0830. The molecule has 0 bridgehead atoms. The van der Waals surface area contributed by atoms with Gasteiger partial charge in [0.2, 0.25) is 0 Å². The second-order valence-corrected chi connectivity index (χ2v) is 6.62. The lowest BCUT2D eigenvalue weighted by atomic mass is 10.1. The molecule has 2 rings (SSSR count). The Hall–Kier alpha value is -1.17. The second kappa shape index (κ2) is 5.86. The zero-order chi connectivity index (χ0) is 14.0. The molecule has 6 heteroatoms. The fourth-order valence-electron chi connectivity index (χ4n) is 2.45. The first-order chi connectivity index (χ1) is 8.99. The second-order valence-electron chi connectivity index (χ2n) is 5.13. The van der Waals surface area contributed by atoms with Crippen molar-refractivity contribution in [2.45, 2.75) is 37.6 Å². The Morgan fingerprint density at radius 2 is 2.11 bits per heavy atom. The highest BCUT2D eigenvalue weighted by Crippen LogP contribution is 2.25. The van der Waals surface area contributed by atoms with Gasteiger partial charge in [-0.25, -0.2) is 4.79 Å². The van der Waals surface area contributed by atoms with E-state index in [9.17, 15) is 9.59 Å². The SMILES string of the molecule is CC1SCCN(C(=O)NC2C=CC(C(=O)O)C2)C1C. The number of rotatable bonds is 2. The van der Waals surface area contributed by atoms with Crippen LogP contribution in [-0.2, 0) is 4.79 Å².